The number of nitrogens with one attached hydrogen (secondary N) is 2. The number of phenolic OH excluding ortho intramolecular Hbond substituents is 1. The van der Waals surface area contributed by atoms with E-state index in [2.05, 4.69) is 30.6 Å². The predicted molar refractivity (Wildman–Crippen MR) is 242 cm³/mol. The van der Waals surface area contributed by atoms with Crippen LogP contribution in [0.5, 0.6) is 11.5 Å². The molecule has 0 aliphatic heterocycles. The number of carbonyl (C=O) groups excluding carboxylic acids is 2. The van der Waals surface area contributed by atoms with Crippen LogP contribution in [0, 0.1) is 13.8 Å². The van der Waals surface area contributed by atoms with E-state index < -0.39 is 31.5 Å². The standard InChI is InChI=1S/C46H67N2O7P.C2H6/c1-11-16-18-19-21-34(8)26-42(45(50)53-24-14-4)47-56(52,48-43(31-37(15-5)20-13-3)46(51)54-25-17-12-2)32-55-39-27-35(9)41(36(10)28-39)30-38-22-23-44(49)40(29-38)33(6)7;1-2/h11,13,15-16,18,20-23,27-29,33,42-43,49H,1,12,14,17,19,24-26,30-32H2,2-10H3,(H2,47,48,52);1-2H3/b18-16-,20-13-,34-21+,37-15+;/t42?,43-,56?;/m0./s1. The maximum absolute atomic E-state index is 15.3. The van der Waals surface area contributed by atoms with Crippen LogP contribution in [0.2, 0.25) is 0 Å². The first kappa shape index (κ1) is 51.8. The third-order valence-corrected chi connectivity index (χ3v) is 11.2. The number of aryl methyl sites for hydroxylation is 2. The fourth-order valence-corrected chi connectivity index (χ4v) is 8.10. The molecule has 10 heteroatoms. The molecule has 0 heterocycles. The Kier molecular flexibility index (Phi) is 25.3. The summed E-state index contributed by atoms with van der Waals surface area (Å²) < 4.78 is 32.8. The van der Waals surface area contributed by atoms with E-state index in [9.17, 15) is 14.7 Å². The summed E-state index contributed by atoms with van der Waals surface area (Å²) >= 11 is 0. The van der Waals surface area contributed by atoms with Gasteiger partial charge in [0.25, 0.3) is 0 Å². The number of benzene rings is 2. The van der Waals surface area contributed by atoms with Crippen molar-refractivity contribution >= 4 is 19.4 Å². The number of ether oxygens (including phenoxy) is 3. The fourth-order valence-electron chi connectivity index (χ4n) is 6.14. The van der Waals surface area contributed by atoms with Gasteiger partial charge in [0.05, 0.1) is 13.2 Å². The molecule has 322 valence electrons. The molecule has 0 aliphatic carbocycles. The van der Waals surface area contributed by atoms with E-state index in [-0.39, 0.29) is 38.3 Å². The molecule has 0 bridgehead atoms. The van der Waals surface area contributed by atoms with Crippen molar-refractivity contribution < 1.29 is 33.5 Å². The molecule has 0 saturated carbocycles. The third kappa shape index (κ3) is 18.6. The number of aromatic hydroxyl groups is 1. The van der Waals surface area contributed by atoms with Gasteiger partial charge in [-0.1, -0.05) is 120 Å². The largest absolute Gasteiger partial charge is 0.508 e. The molecule has 0 radical (unpaired) electrons. The molecule has 0 saturated heterocycles. The third-order valence-electron chi connectivity index (χ3n) is 9.26. The maximum Gasteiger partial charge on any atom is 0.323 e. The molecule has 2 aromatic rings. The van der Waals surface area contributed by atoms with E-state index in [1.54, 1.807) is 12.1 Å². The van der Waals surface area contributed by atoms with Gasteiger partial charge in [-0.05, 0) is 125 Å². The fraction of sp³-hybridized carbons (Fsp3) is 0.500. The van der Waals surface area contributed by atoms with Crippen LogP contribution in [0.1, 0.15) is 135 Å². The highest BCUT2D eigenvalue weighted by Gasteiger charge is 2.36. The van der Waals surface area contributed by atoms with Crippen LogP contribution in [0.15, 0.2) is 90.6 Å². The summed E-state index contributed by atoms with van der Waals surface area (Å²) in [5.74, 6) is -0.101. The second kappa shape index (κ2) is 28.3. The molecule has 3 atom stereocenters. The normalized spacial score (nSPS) is 14.1. The van der Waals surface area contributed by atoms with Crippen LogP contribution in [-0.2, 0) is 30.0 Å². The van der Waals surface area contributed by atoms with Crippen molar-refractivity contribution in [2.24, 2.45) is 0 Å². The molecular weight excluding hydrogens is 748 g/mol. The van der Waals surface area contributed by atoms with E-state index in [0.717, 1.165) is 45.4 Å². The number of hydrogen-bond acceptors (Lipinski definition) is 7. The zero-order valence-electron chi connectivity index (χ0n) is 37.3. The molecule has 2 unspecified atom stereocenters. The highest BCUT2D eigenvalue weighted by Crippen LogP contribution is 2.40. The van der Waals surface area contributed by atoms with Gasteiger partial charge < -0.3 is 19.3 Å². The van der Waals surface area contributed by atoms with Crippen molar-refractivity contribution in [2.75, 3.05) is 19.6 Å². The van der Waals surface area contributed by atoms with Gasteiger partial charge in [0.1, 0.15) is 23.6 Å². The van der Waals surface area contributed by atoms with Crippen molar-refractivity contribution in [1.82, 2.24) is 10.2 Å². The smallest absolute Gasteiger partial charge is 0.323 e. The Hall–Kier alpha value is -4.17. The summed E-state index contributed by atoms with van der Waals surface area (Å²) in [7, 11) is -3.92. The summed E-state index contributed by atoms with van der Waals surface area (Å²) in [5.41, 5.74) is 6.84. The summed E-state index contributed by atoms with van der Waals surface area (Å²) in [5, 5.41) is 16.6. The molecule has 0 spiro atoms. The first-order valence-electron chi connectivity index (χ1n) is 20.9. The van der Waals surface area contributed by atoms with Crippen LogP contribution >= 0.6 is 7.44 Å². The molecule has 0 fully saturated rings. The minimum absolute atomic E-state index is 0.184. The van der Waals surface area contributed by atoms with Crippen molar-refractivity contribution in [3.63, 3.8) is 0 Å². The van der Waals surface area contributed by atoms with Gasteiger partial charge in [-0.15, -0.1) is 0 Å². The van der Waals surface area contributed by atoms with Crippen molar-refractivity contribution in [1.29, 1.82) is 0 Å². The van der Waals surface area contributed by atoms with E-state index in [1.165, 1.54) is 0 Å². The second-order valence-electron chi connectivity index (χ2n) is 14.5. The van der Waals surface area contributed by atoms with Crippen molar-refractivity contribution in [3.8, 4) is 11.5 Å². The van der Waals surface area contributed by atoms with Crippen LogP contribution in [0.4, 0.5) is 0 Å². The van der Waals surface area contributed by atoms with Gasteiger partial charge in [0.2, 0.25) is 7.44 Å². The Morgan fingerprint density at radius 2 is 1.55 bits per heavy atom. The number of phenols is 1. The maximum atomic E-state index is 15.3. The lowest BCUT2D eigenvalue weighted by molar-refractivity contribution is -0.146. The number of unbranched alkanes of at least 4 members (excludes halogenated alkanes) is 1. The van der Waals surface area contributed by atoms with Crippen LogP contribution in [0.3, 0.4) is 0 Å². The summed E-state index contributed by atoms with van der Waals surface area (Å²) in [4.78, 5) is 27.2. The molecule has 58 heavy (non-hydrogen) atoms. The quantitative estimate of drug-likeness (QED) is 0.0295. The topological polar surface area (TPSA) is 123 Å². The van der Waals surface area contributed by atoms with E-state index >= 15 is 4.57 Å². The highest BCUT2D eigenvalue weighted by molar-refractivity contribution is 7.59. The number of allylic oxidation sites excluding steroid dienone is 7. The van der Waals surface area contributed by atoms with Crippen LogP contribution in [-0.4, -0.2) is 48.7 Å². The van der Waals surface area contributed by atoms with E-state index in [4.69, 9.17) is 14.2 Å². The number of rotatable bonds is 25. The van der Waals surface area contributed by atoms with Gasteiger partial charge in [0, 0.05) is 0 Å². The van der Waals surface area contributed by atoms with Crippen molar-refractivity contribution in [3.05, 3.63) is 118 Å². The average molecular weight is 821 g/mol. The van der Waals surface area contributed by atoms with Gasteiger partial charge >= 0.3 is 11.9 Å². The zero-order valence-corrected chi connectivity index (χ0v) is 38.2. The first-order valence-corrected chi connectivity index (χ1v) is 22.8. The van der Waals surface area contributed by atoms with Crippen molar-refractivity contribution in [2.45, 2.75) is 139 Å². The summed E-state index contributed by atoms with van der Waals surface area (Å²) in [6.45, 7) is 25.9. The molecule has 0 aromatic heterocycles. The SMILES string of the molecule is C=C/C=C\C/C=C(\C)CC(NP(=O)(COc1cc(C)c(Cc2ccc(O)c(C(C)C)c2)c(C)c1)N[C@@H](CC(/C=C\C)=C/C)C(=O)OCCCC)C(=O)OCCC.CC. The Morgan fingerprint density at radius 1 is 0.931 bits per heavy atom. The number of hydrogen-bond donors (Lipinski definition) is 3. The average Bonchev–Trinajstić information content (AvgIpc) is 3.19. The van der Waals surface area contributed by atoms with E-state index in [0.29, 0.717) is 37.2 Å². The Labute approximate surface area is 350 Å². The molecule has 0 amide bonds. The van der Waals surface area contributed by atoms with Gasteiger partial charge in [0.15, 0.2) is 6.35 Å². The Morgan fingerprint density at radius 3 is 2.10 bits per heavy atom. The first-order chi connectivity index (χ1) is 27.7. The molecule has 2 rings (SSSR count). The van der Waals surface area contributed by atoms with Crippen LogP contribution < -0.4 is 14.9 Å². The molecule has 2 aromatic carbocycles. The lowest BCUT2D eigenvalue weighted by Crippen LogP contribution is -2.45. The lowest BCUT2D eigenvalue weighted by Gasteiger charge is -2.29. The van der Waals surface area contributed by atoms with Crippen LogP contribution in [0.25, 0.3) is 0 Å². The minimum atomic E-state index is -3.92. The molecular formula is C48H73N2O7P. The van der Waals surface area contributed by atoms with Gasteiger partial charge in [-0.3, -0.25) is 14.2 Å². The zero-order chi connectivity index (χ0) is 43.7. The lowest BCUT2D eigenvalue weighted by atomic mass is 9.93. The summed E-state index contributed by atoms with van der Waals surface area (Å²) in [6, 6.07) is 7.55. The molecule has 0 aliphatic rings. The van der Waals surface area contributed by atoms with Gasteiger partial charge in [-0.25, -0.2) is 10.2 Å². The Balaban J connectivity index is 0.00000827. The second-order valence-corrected chi connectivity index (χ2v) is 16.8. The van der Waals surface area contributed by atoms with Gasteiger partial charge in [-0.2, -0.15) is 0 Å². The highest BCUT2D eigenvalue weighted by atomic mass is 31.2. The molecule has 3 N–H and O–H groups in total. The Bertz CT molecular complexity index is 1730. The molecule has 9 nitrogen and oxygen atoms in total. The summed E-state index contributed by atoms with van der Waals surface area (Å²) in [6.07, 6.45) is 16.7. The van der Waals surface area contributed by atoms with E-state index in [1.807, 2.05) is 123 Å². The minimum Gasteiger partial charge on any atom is -0.508 e. The monoisotopic (exact) mass is 821 g/mol. The predicted octanol–water partition coefficient (Wildman–Crippen LogP) is 11.9. The number of carbonyl (C=O) groups is 2. The number of esters is 2.